The van der Waals surface area contributed by atoms with Crippen molar-refractivity contribution in [3.63, 3.8) is 0 Å². The Balaban J connectivity index is 2.54. The smallest absolute Gasteiger partial charge is 0.324 e. The van der Waals surface area contributed by atoms with E-state index in [1.807, 2.05) is 13.8 Å². The van der Waals surface area contributed by atoms with Gasteiger partial charge in [-0.2, -0.15) is 9.97 Å². The van der Waals surface area contributed by atoms with E-state index in [0.717, 1.165) is 13.0 Å². The maximum atomic E-state index is 5.54. The van der Waals surface area contributed by atoms with Crippen molar-refractivity contribution in [2.24, 2.45) is 0 Å². The van der Waals surface area contributed by atoms with Crippen LogP contribution in [-0.4, -0.2) is 34.7 Å². The Morgan fingerprint density at radius 3 is 2.26 bits per heavy atom. The number of nitrogens with zero attached hydrogens (tertiary/aromatic N) is 3. The van der Waals surface area contributed by atoms with Crippen LogP contribution in [0.3, 0.4) is 0 Å². The molecule has 19 heavy (non-hydrogen) atoms. The molecule has 0 aliphatic rings. The summed E-state index contributed by atoms with van der Waals surface area (Å²) in [5, 5.41) is 3.04. The Kier molecular flexibility index (Phi) is 7.62. The van der Waals surface area contributed by atoms with Gasteiger partial charge in [-0.25, -0.2) is 0 Å². The van der Waals surface area contributed by atoms with Crippen molar-refractivity contribution in [3.8, 4) is 12.0 Å². The van der Waals surface area contributed by atoms with Gasteiger partial charge in [-0.1, -0.05) is 26.2 Å². The lowest BCUT2D eigenvalue weighted by atomic mass is 10.2. The van der Waals surface area contributed by atoms with Gasteiger partial charge < -0.3 is 14.8 Å². The summed E-state index contributed by atoms with van der Waals surface area (Å²) in [6.07, 6.45) is 4.62. The van der Waals surface area contributed by atoms with Gasteiger partial charge in [-0.15, -0.1) is 4.98 Å². The van der Waals surface area contributed by atoms with Crippen LogP contribution in [0.1, 0.15) is 46.5 Å². The van der Waals surface area contributed by atoms with Crippen LogP contribution in [0.4, 0.5) is 5.95 Å². The fourth-order valence-electron chi connectivity index (χ4n) is 1.53. The second-order valence-electron chi connectivity index (χ2n) is 4.10. The third-order valence-corrected chi connectivity index (χ3v) is 2.43. The van der Waals surface area contributed by atoms with Crippen LogP contribution in [0.25, 0.3) is 0 Å². The number of rotatable bonds is 10. The number of hydrogen-bond acceptors (Lipinski definition) is 6. The van der Waals surface area contributed by atoms with E-state index in [-0.39, 0.29) is 0 Å². The lowest BCUT2D eigenvalue weighted by molar-refractivity contribution is 0.263. The molecule has 1 N–H and O–H groups in total. The van der Waals surface area contributed by atoms with Crippen molar-refractivity contribution in [2.45, 2.75) is 46.5 Å². The van der Waals surface area contributed by atoms with Crippen molar-refractivity contribution in [1.82, 2.24) is 15.0 Å². The summed E-state index contributed by atoms with van der Waals surface area (Å²) in [6, 6.07) is 0.628. The van der Waals surface area contributed by atoms with Gasteiger partial charge in [-0.05, 0) is 20.3 Å². The molecule has 6 nitrogen and oxygen atoms in total. The SMILES string of the molecule is CCCCCCOc1nc(NCC)nc(OCC)n1. The fraction of sp³-hybridized carbons (Fsp3) is 0.769. The summed E-state index contributed by atoms with van der Waals surface area (Å²) in [5.41, 5.74) is 0. The summed E-state index contributed by atoms with van der Waals surface area (Å²) in [4.78, 5) is 12.4. The molecule has 1 aromatic rings. The highest BCUT2D eigenvalue weighted by Gasteiger charge is 2.07. The molecule has 0 spiro atoms. The van der Waals surface area contributed by atoms with Gasteiger partial charge in [0.15, 0.2) is 0 Å². The minimum Gasteiger partial charge on any atom is -0.464 e. The third-order valence-electron chi connectivity index (χ3n) is 2.43. The van der Waals surface area contributed by atoms with Crippen molar-refractivity contribution >= 4 is 5.95 Å². The topological polar surface area (TPSA) is 69.2 Å². The summed E-state index contributed by atoms with van der Waals surface area (Å²) < 4.78 is 10.8. The zero-order valence-corrected chi connectivity index (χ0v) is 12.1. The first kappa shape index (κ1) is 15.5. The van der Waals surface area contributed by atoms with E-state index < -0.39 is 0 Å². The average Bonchev–Trinajstić information content (AvgIpc) is 2.39. The summed E-state index contributed by atoms with van der Waals surface area (Å²) in [5.74, 6) is 0.490. The van der Waals surface area contributed by atoms with Gasteiger partial charge in [0.2, 0.25) is 5.95 Å². The zero-order valence-electron chi connectivity index (χ0n) is 12.1. The highest BCUT2D eigenvalue weighted by atomic mass is 16.5. The van der Waals surface area contributed by atoms with E-state index in [4.69, 9.17) is 9.47 Å². The van der Waals surface area contributed by atoms with Crippen molar-refractivity contribution in [1.29, 1.82) is 0 Å². The number of unbranched alkanes of at least 4 members (excludes halogenated alkanes) is 3. The lowest BCUT2D eigenvalue weighted by Gasteiger charge is -2.08. The molecule has 0 saturated carbocycles. The number of ether oxygens (including phenoxy) is 2. The van der Waals surface area contributed by atoms with Crippen LogP contribution in [-0.2, 0) is 0 Å². The van der Waals surface area contributed by atoms with Gasteiger partial charge in [0, 0.05) is 6.54 Å². The normalized spacial score (nSPS) is 10.3. The average molecular weight is 268 g/mol. The molecule has 0 unspecified atom stereocenters. The molecule has 0 aliphatic heterocycles. The standard InChI is InChI=1S/C13H24N4O2/c1-4-7-8-9-10-19-13-16-11(14-5-2)15-12(17-13)18-6-3/h4-10H2,1-3H3,(H,14,15,16,17). The van der Waals surface area contributed by atoms with E-state index in [9.17, 15) is 0 Å². The van der Waals surface area contributed by atoms with Gasteiger partial charge in [0.1, 0.15) is 0 Å². The molecule has 0 saturated heterocycles. The molecule has 108 valence electrons. The zero-order chi connectivity index (χ0) is 13.9. The molecule has 1 aromatic heterocycles. The number of aromatic nitrogens is 3. The minimum absolute atomic E-state index is 0.303. The number of nitrogens with one attached hydrogen (secondary N) is 1. The van der Waals surface area contributed by atoms with Crippen molar-refractivity contribution in [3.05, 3.63) is 0 Å². The Bertz CT molecular complexity index is 336. The molecular formula is C13H24N4O2. The van der Waals surface area contributed by atoms with Crippen LogP contribution in [0.2, 0.25) is 0 Å². The first-order chi connectivity index (χ1) is 9.30. The molecule has 0 atom stereocenters. The van der Waals surface area contributed by atoms with Gasteiger partial charge in [0.25, 0.3) is 0 Å². The predicted molar refractivity (Wildman–Crippen MR) is 74.8 cm³/mol. The Morgan fingerprint density at radius 2 is 1.63 bits per heavy atom. The van der Waals surface area contributed by atoms with Crippen LogP contribution >= 0.6 is 0 Å². The first-order valence-corrected chi connectivity index (χ1v) is 7.05. The predicted octanol–water partition coefficient (Wildman–Crippen LogP) is 2.66. The molecule has 0 bridgehead atoms. The molecule has 6 heteroatoms. The summed E-state index contributed by atoms with van der Waals surface area (Å²) in [7, 11) is 0. The lowest BCUT2D eigenvalue weighted by Crippen LogP contribution is -2.09. The van der Waals surface area contributed by atoms with Gasteiger partial charge >= 0.3 is 12.0 Å². The summed E-state index contributed by atoms with van der Waals surface area (Å²) in [6.45, 7) is 7.94. The van der Waals surface area contributed by atoms with E-state index in [1.165, 1.54) is 19.3 Å². The molecular weight excluding hydrogens is 244 g/mol. The second kappa shape index (κ2) is 9.35. The highest BCUT2D eigenvalue weighted by molar-refractivity contribution is 5.27. The van der Waals surface area contributed by atoms with Crippen LogP contribution in [0.5, 0.6) is 12.0 Å². The van der Waals surface area contributed by atoms with Gasteiger partial charge in [0.05, 0.1) is 13.2 Å². The molecule has 0 amide bonds. The first-order valence-electron chi connectivity index (χ1n) is 7.05. The maximum Gasteiger partial charge on any atom is 0.324 e. The third kappa shape index (κ3) is 6.22. The molecule has 1 rings (SSSR count). The monoisotopic (exact) mass is 268 g/mol. The van der Waals surface area contributed by atoms with E-state index in [0.29, 0.717) is 31.2 Å². The van der Waals surface area contributed by atoms with Crippen LogP contribution < -0.4 is 14.8 Å². The van der Waals surface area contributed by atoms with Crippen molar-refractivity contribution in [2.75, 3.05) is 25.1 Å². The number of anilines is 1. The molecule has 0 aromatic carbocycles. The maximum absolute atomic E-state index is 5.54. The largest absolute Gasteiger partial charge is 0.464 e. The Labute approximate surface area is 115 Å². The fourth-order valence-corrected chi connectivity index (χ4v) is 1.53. The van der Waals surface area contributed by atoms with Crippen molar-refractivity contribution < 1.29 is 9.47 Å². The van der Waals surface area contributed by atoms with Crippen LogP contribution in [0, 0.1) is 0 Å². The minimum atomic E-state index is 0.303. The highest BCUT2D eigenvalue weighted by Crippen LogP contribution is 2.13. The number of hydrogen-bond donors (Lipinski definition) is 1. The molecule has 0 fully saturated rings. The molecule has 0 radical (unpaired) electrons. The summed E-state index contributed by atoms with van der Waals surface area (Å²) >= 11 is 0. The van der Waals surface area contributed by atoms with E-state index >= 15 is 0 Å². The molecule has 1 heterocycles. The second-order valence-corrected chi connectivity index (χ2v) is 4.10. The quantitative estimate of drug-likeness (QED) is 0.658. The van der Waals surface area contributed by atoms with E-state index in [2.05, 4.69) is 27.2 Å². The Hall–Kier alpha value is -1.59. The van der Waals surface area contributed by atoms with Gasteiger partial charge in [-0.3, -0.25) is 0 Å². The van der Waals surface area contributed by atoms with Crippen LogP contribution in [0.15, 0.2) is 0 Å². The molecule has 0 aliphatic carbocycles. The van der Waals surface area contributed by atoms with E-state index in [1.54, 1.807) is 0 Å². The Morgan fingerprint density at radius 1 is 0.895 bits per heavy atom.